The average molecular weight is 342 g/mol. The second-order valence-electron chi connectivity index (χ2n) is 8.13. The maximum atomic E-state index is 12.4. The molecule has 1 aromatic rings. The van der Waals surface area contributed by atoms with E-state index in [1.54, 1.807) is 7.11 Å². The van der Waals surface area contributed by atoms with Gasteiger partial charge in [0.2, 0.25) is 0 Å². The lowest BCUT2D eigenvalue weighted by atomic mass is 9.55. The molecule has 2 saturated carbocycles. The van der Waals surface area contributed by atoms with Gasteiger partial charge < -0.3 is 9.47 Å². The van der Waals surface area contributed by atoms with Crippen LogP contribution in [0.1, 0.15) is 63.0 Å². The van der Waals surface area contributed by atoms with Gasteiger partial charge >= 0.3 is 5.97 Å². The molecule has 0 saturated heterocycles. The minimum atomic E-state index is -0.329. The molecule has 0 N–H and O–H groups in total. The molecular weight excluding hydrogens is 316 g/mol. The van der Waals surface area contributed by atoms with Gasteiger partial charge in [-0.25, -0.2) is 0 Å². The van der Waals surface area contributed by atoms with Gasteiger partial charge in [-0.1, -0.05) is 6.92 Å². The molecule has 0 radical (unpaired) electrons. The lowest BCUT2D eigenvalue weighted by Crippen LogP contribution is -2.42. The van der Waals surface area contributed by atoms with Crippen molar-refractivity contribution < 1.29 is 19.1 Å². The molecule has 0 spiro atoms. The lowest BCUT2D eigenvalue weighted by molar-refractivity contribution is -0.132. The fraction of sp³-hybridized carbons (Fsp3) is 0.619. The van der Waals surface area contributed by atoms with Crippen LogP contribution in [0.15, 0.2) is 12.1 Å². The van der Waals surface area contributed by atoms with Gasteiger partial charge in [0.05, 0.1) is 7.11 Å². The number of fused-ring (bicyclic) bond motifs is 5. The number of ketones is 1. The van der Waals surface area contributed by atoms with Crippen LogP contribution in [0.5, 0.6) is 11.5 Å². The molecule has 0 amide bonds. The van der Waals surface area contributed by atoms with Crippen molar-refractivity contribution in [3.05, 3.63) is 23.3 Å². The highest BCUT2D eigenvalue weighted by Gasteiger charge is 2.54. The van der Waals surface area contributed by atoms with E-state index in [0.29, 0.717) is 35.0 Å². The highest BCUT2D eigenvalue weighted by Crippen LogP contribution is 2.60. The highest BCUT2D eigenvalue weighted by molar-refractivity contribution is 5.87. The van der Waals surface area contributed by atoms with Gasteiger partial charge in [0.25, 0.3) is 0 Å². The number of methoxy groups -OCH3 is 1. The van der Waals surface area contributed by atoms with E-state index in [2.05, 4.69) is 13.0 Å². The molecule has 1 aromatic carbocycles. The zero-order valence-corrected chi connectivity index (χ0v) is 15.3. The van der Waals surface area contributed by atoms with Gasteiger partial charge in [-0.3, -0.25) is 9.59 Å². The van der Waals surface area contributed by atoms with Gasteiger partial charge in [-0.2, -0.15) is 0 Å². The van der Waals surface area contributed by atoms with Crippen LogP contribution in [0.3, 0.4) is 0 Å². The predicted molar refractivity (Wildman–Crippen MR) is 93.9 cm³/mol. The van der Waals surface area contributed by atoms with E-state index in [0.717, 1.165) is 38.5 Å². The Bertz CT molecular complexity index is 738. The summed E-state index contributed by atoms with van der Waals surface area (Å²) in [6.07, 6.45) is 5.96. The molecule has 3 aliphatic rings. The number of benzene rings is 1. The van der Waals surface area contributed by atoms with Crippen LogP contribution in [0.25, 0.3) is 0 Å². The SMILES string of the molecule is COc1cc2c(cc1OC(C)=O)CC[C@@H]1[C@@H]2CC[C@]2(C)C(=O)CC[C@@H]12. The van der Waals surface area contributed by atoms with Gasteiger partial charge in [0.15, 0.2) is 11.5 Å². The molecular formula is C21H26O4. The summed E-state index contributed by atoms with van der Waals surface area (Å²) in [6.45, 7) is 3.61. The van der Waals surface area contributed by atoms with Crippen LogP contribution in [-0.2, 0) is 16.0 Å². The summed E-state index contributed by atoms with van der Waals surface area (Å²) >= 11 is 0. The third kappa shape index (κ3) is 2.49. The van der Waals surface area contributed by atoms with E-state index in [1.807, 2.05) is 6.07 Å². The number of ether oxygens (including phenoxy) is 2. The van der Waals surface area contributed by atoms with Crippen LogP contribution in [-0.4, -0.2) is 18.9 Å². The number of hydrogen-bond donors (Lipinski definition) is 0. The zero-order valence-electron chi connectivity index (χ0n) is 15.3. The van der Waals surface area contributed by atoms with Crippen LogP contribution >= 0.6 is 0 Å². The largest absolute Gasteiger partial charge is 0.493 e. The second-order valence-corrected chi connectivity index (χ2v) is 8.13. The van der Waals surface area contributed by atoms with Crippen molar-refractivity contribution in [1.29, 1.82) is 0 Å². The fourth-order valence-electron chi connectivity index (χ4n) is 5.74. The third-order valence-electron chi connectivity index (χ3n) is 6.97. The number of hydrogen-bond acceptors (Lipinski definition) is 4. The van der Waals surface area contributed by atoms with Crippen molar-refractivity contribution in [1.82, 2.24) is 0 Å². The standard InChI is InChI=1S/C21H26O4/c1-12(22)25-19-10-13-4-5-15-14(16(13)11-18(19)24-3)8-9-21(2)17(15)6-7-20(21)23/h10-11,14-15,17H,4-9H2,1-3H3/t14-,15+,17-,21-/m0/s1. The van der Waals surface area contributed by atoms with E-state index in [4.69, 9.17) is 9.47 Å². The minimum absolute atomic E-state index is 0.0968. The first kappa shape index (κ1) is 16.6. The molecule has 0 bridgehead atoms. The monoisotopic (exact) mass is 342 g/mol. The van der Waals surface area contributed by atoms with Gasteiger partial charge in [-0.05, 0) is 73.1 Å². The molecule has 3 aliphatic carbocycles. The van der Waals surface area contributed by atoms with Crippen molar-refractivity contribution in [3.8, 4) is 11.5 Å². The summed E-state index contributed by atoms with van der Waals surface area (Å²) in [5.74, 6) is 2.89. The molecule has 0 aliphatic heterocycles. The Labute approximate surface area is 148 Å². The van der Waals surface area contributed by atoms with Crippen LogP contribution < -0.4 is 9.47 Å². The van der Waals surface area contributed by atoms with E-state index in [-0.39, 0.29) is 11.4 Å². The lowest BCUT2D eigenvalue weighted by Gasteiger charge is -2.48. The van der Waals surface area contributed by atoms with Crippen molar-refractivity contribution >= 4 is 11.8 Å². The van der Waals surface area contributed by atoms with E-state index >= 15 is 0 Å². The first-order valence-corrected chi connectivity index (χ1v) is 9.36. The topological polar surface area (TPSA) is 52.6 Å². The van der Waals surface area contributed by atoms with Crippen molar-refractivity contribution in [2.24, 2.45) is 17.3 Å². The number of esters is 1. The predicted octanol–water partition coefficient (Wildman–Crippen LogP) is 4.05. The van der Waals surface area contributed by atoms with Gasteiger partial charge in [0.1, 0.15) is 5.78 Å². The van der Waals surface area contributed by atoms with Crippen molar-refractivity contribution in [2.45, 2.75) is 58.3 Å². The quantitative estimate of drug-likeness (QED) is 0.601. The van der Waals surface area contributed by atoms with E-state index in [9.17, 15) is 9.59 Å². The molecule has 4 rings (SSSR count). The Hall–Kier alpha value is -1.84. The first-order chi connectivity index (χ1) is 11.9. The van der Waals surface area contributed by atoms with Crippen molar-refractivity contribution in [2.75, 3.05) is 7.11 Å². The number of aryl methyl sites for hydroxylation is 1. The smallest absolute Gasteiger partial charge is 0.308 e. The van der Waals surface area contributed by atoms with Crippen molar-refractivity contribution in [3.63, 3.8) is 0 Å². The van der Waals surface area contributed by atoms with Crippen LogP contribution in [0, 0.1) is 17.3 Å². The Morgan fingerprint density at radius 1 is 1.16 bits per heavy atom. The molecule has 4 heteroatoms. The summed E-state index contributed by atoms with van der Waals surface area (Å²) in [4.78, 5) is 23.8. The molecule has 0 heterocycles. The maximum absolute atomic E-state index is 12.4. The fourth-order valence-corrected chi connectivity index (χ4v) is 5.74. The summed E-state index contributed by atoms with van der Waals surface area (Å²) in [5, 5.41) is 0. The number of carbonyl (C=O) groups excluding carboxylic acids is 2. The zero-order chi connectivity index (χ0) is 17.8. The first-order valence-electron chi connectivity index (χ1n) is 9.36. The minimum Gasteiger partial charge on any atom is -0.493 e. The molecule has 2 fully saturated rings. The summed E-state index contributed by atoms with van der Waals surface area (Å²) in [7, 11) is 1.61. The normalized spacial score (nSPS) is 33.2. The number of rotatable bonds is 2. The second kappa shape index (κ2) is 5.86. The summed E-state index contributed by atoms with van der Waals surface area (Å²) < 4.78 is 10.8. The molecule has 25 heavy (non-hydrogen) atoms. The molecule has 0 aromatic heterocycles. The van der Waals surface area contributed by atoms with Gasteiger partial charge in [-0.15, -0.1) is 0 Å². The number of carbonyl (C=O) groups is 2. The molecule has 4 atom stereocenters. The Balaban J connectivity index is 1.71. The van der Waals surface area contributed by atoms with E-state index in [1.165, 1.54) is 18.1 Å². The van der Waals surface area contributed by atoms with Crippen LogP contribution in [0.2, 0.25) is 0 Å². The Kier molecular flexibility index (Phi) is 3.89. The Morgan fingerprint density at radius 2 is 1.96 bits per heavy atom. The average Bonchev–Trinajstić information content (AvgIpc) is 2.89. The molecule has 0 unspecified atom stereocenters. The van der Waals surface area contributed by atoms with E-state index < -0.39 is 0 Å². The summed E-state index contributed by atoms with van der Waals surface area (Å²) in [5.41, 5.74) is 2.51. The highest BCUT2D eigenvalue weighted by atomic mass is 16.6. The van der Waals surface area contributed by atoms with Crippen LogP contribution in [0.4, 0.5) is 0 Å². The summed E-state index contributed by atoms with van der Waals surface area (Å²) in [6, 6.07) is 4.06. The third-order valence-corrected chi connectivity index (χ3v) is 6.97. The molecule has 4 nitrogen and oxygen atoms in total. The Morgan fingerprint density at radius 3 is 2.68 bits per heavy atom. The number of Topliss-reactive ketones (excluding diaryl/α,β-unsaturated/α-hetero) is 1. The maximum Gasteiger partial charge on any atom is 0.308 e. The van der Waals surface area contributed by atoms with Gasteiger partial charge in [0, 0.05) is 18.8 Å². The molecule has 134 valence electrons.